The van der Waals surface area contributed by atoms with Crippen molar-refractivity contribution in [1.82, 2.24) is 5.32 Å². The summed E-state index contributed by atoms with van der Waals surface area (Å²) < 4.78 is 4.60. The summed E-state index contributed by atoms with van der Waals surface area (Å²) in [6.45, 7) is 3.67. The number of nitrogens with zero attached hydrogens (tertiary/aromatic N) is 2. The third-order valence-electron chi connectivity index (χ3n) is 3.08. The molecule has 1 aromatic carbocycles. The van der Waals surface area contributed by atoms with E-state index in [1.807, 2.05) is 13.8 Å². The van der Waals surface area contributed by atoms with Gasteiger partial charge in [-0.1, -0.05) is 13.8 Å². The number of ether oxygens (including phenoxy) is 1. The maximum atomic E-state index is 12.2. The van der Waals surface area contributed by atoms with Crippen LogP contribution in [0, 0.1) is 26.1 Å². The van der Waals surface area contributed by atoms with Crippen molar-refractivity contribution in [3.8, 4) is 0 Å². The van der Waals surface area contributed by atoms with Crippen molar-refractivity contribution in [2.75, 3.05) is 7.11 Å². The lowest BCUT2D eigenvalue weighted by Gasteiger charge is -2.18. The molecular formula is C14H17N3O7. The third-order valence-corrected chi connectivity index (χ3v) is 3.08. The monoisotopic (exact) mass is 339 g/mol. The Morgan fingerprint density at radius 3 is 2.00 bits per heavy atom. The Hall–Kier alpha value is -3.04. The van der Waals surface area contributed by atoms with Gasteiger partial charge in [0, 0.05) is 12.1 Å². The molecule has 1 unspecified atom stereocenters. The van der Waals surface area contributed by atoms with Gasteiger partial charge in [0.15, 0.2) is 0 Å². The Morgan fingerprint density at radius 1 is 1.12 bits per heavy atom. The van der Waals surface area contributed by atoms with E-state index in [0.29, 0.717) is 0 Å². The molecule has 1 atom stereocenters. The average molecular weight is 339 g/mol. The highest BCUT2D eigenvalue weighted by molar-refractivity contribution is 5.97. The summed E-state index contributed by atoms with van der Waals surface area (Å²) in [5.74, 6) is -1.44. The van der Waals surface area contributed by atoms with Gasteiger partial charge in [-0.3, -0.25) is 25.0 Å². The molecule has 0 aliphatic rings. The highest BCUT2D eigenvalue weighted by Gasteiger charge is 2.25. The Morgan fingerprint density at radius 2 is 1.62 bits per heavy atom. The van der Waals surface area contributed by atoms with Gasteiger partial charge < -0.3 is 10.1 Å². The van der Waals surface area contributed by atoms with Crippen LogP contribution in [0.15, 0.2) is 18.2 Å². The van der Waals surface area contributed by atoms with Crippen LogP contribution in [0.2, 0.25) is 0 Å². The second-order valence-electron chi connectivity index (χ2n) is 5.43. The lowest BCUT2D eigenvalue weighted by Crippen LogP contribution is -2.42. The topological polar surface area (TPSA) is 142 Å². The predicted octanol–water partition coefficient (Wildman–Crippen LogP) is 1.82. The molecule has 0 saturated heterocycles. The van der Waals surface area contributed by atoms with Crippen LogP contribution in [0.1, 0.15) is 30.6 Å². The van der Waals surface area contributed by atoms with E-state index >= 15 is 0 Å². The minimum Gasteiger partial charge on any atom is -0.467 e. The fourth-order valence-corrected chi connectivity index (χ4v) is 2.01. The number of non-ortho nitro benzene ring substituents is 2. The number of nitro groups is 2. The maximum absolute atomic E-state index is 12.2. The van der Waals surface area contributed by atoms with Crippen LogP contribution < -0.4 is 5.32 Å². The van der Waals surface area contributed by atoms with E-state index in [9.17, 15) is 29.8 Å². The highest BCUT2D eigenvalue weighted by atomic mass is 16.6. The molecule has 1 N–H and O–H groups in total. The molecule has 10 heteroatoms. The fraction of sp³-hybridized carbons (Fsp3) is 0.429. The first kappa shape index (κ1) is 19.0. The van der Waals surface area contributed by atoms with Crippen LogP contribution in [-0.2, 0) is 9.53 Å². The molecule has 10 nitrogen and oxygen atoms in total. The molecule has 0 fully saturated rings. The fourth-order valence-electron chi connectivity index (χ4n) is 2.01. The SMILES string of the molecule is COC(=O)C(CC(C)C)NC(=O)c1cc([N+](=O)[O-])cc([N+](=O)[O-])c1. The van der Waals surface area contributed by atoms with Gasteiger partial charge in [0.2, 0.25) is 0 Å². The standard InChI is InChI=1S/C14H17N3O7/c1-8(2)4-12(14(19)24-3)15-13(18)9-5-10(16(20)21)7-11(6-9)17(22)23/h5-8,12H,4H2,1-3H3,(H,15,18). The number of esters is 1. The Bertz CT molecular complexity index is 640. The summed E-state index contributed by atoms with van der Waals surface area (Å²) in [7, 11) is 1.17. The third kappa shape index (κ3) is 5.00. The molecule has 1 rings (SSSR count). The molecule has 24 heavy (non-hydrogen) atoms. The summed E-state index contributed by atoms with van der Waals surface area (Å²) in [6, 6.07) is 1.61. The molecule has 0 aliphatic carbocycles. The van der Waals surface area contributed by atoms with Gasteiger partial charge >= 0.3 is 5.97 Å². The number of methoxy groups -OCH3 is 1. The number of amides is 1. The zero-order chi connectivity index (χ0) is 18.4. The lowest BCUT2D eigenvalue weighted by molar-refractivity contribution is -0.394. The van der Waals surface area contributed by atoms with Gasteiger partial charge in [-0.15, -0.1) is 0 Å². The molecule has 0 bridgehead atoms. The van der Waals surface area contributed by atoms with Crippen LogP contribution in [0.25, 0.3) is 0 Å². The number of hydrogen-bond donors (Lipinski definition) is 1. The lowest BCUT2D eigenvalue weighted by atomic mass is 10.0. The van der Waals surface area contributed by atoms with Crippen molar-refractivity contribution in [2.45, 2.75) is 26.3 Å². The first-order chi connectivity index (χ1) is 11.1. The molecule has 1 amide bonds. The zero-order valence-electron chi connectivity index (χ0n) is 13.3. The molecule has 0 radical (unpaired) electrons. The molecule has 130 valence electrons. The summed E-state index contributed by atoms with van der Waals surface area (Å²) in [4.78, 5) is 44.0. The minimum absolute atomic E-state index is 0.0637. The first-order valence-corrected chi connectivity index (χ1v) is 6.98. The minimum atomic E-state index is -0.958. The van der Waals surface area contributed by atoms with Crippen LogP contribution >= 0.6 is 0 Å². The van der Waals surface area contributed by atoms with Gasteiger partial charge in [0.05, 0.1) is 28.6 Å². The normalized spacial score (nSPS) is 11.7. The summed E-state index contributed by atoms with van der Waals surface area (Å²) in [5.41, 5.74) is -1.46. The number of rotatable bonds is 7. The predicted molar refractivity (Wildman–Crippen MR) is 82.5 cm³/mol. The Kier molecular flexibility index (Phi) is 6.33. The number of carbonyl (C=O) groups excluding carboxylic acids is 2. The summed E-state index contributed by atoms with van der Waals surface area (Å²) >= 11 is 0. The van der Waals surface area contributed by atoms with Crippen molar-refractivity contribution in [3.05, 3.63) is 44.0 Å². The van der Waals surface area contributed by atoms with Gasteiger partial charge in [-0.25, -0.2) is 4.79 Å². The molecule has 0 aliphatic heterocycles. The van der Waals surface area contributed by atoms with Gasteiger partial charge in [-0.2, -0.15) is 0 Å². The highest BCUT2D eigenvalue weighted by Crippen LogP contribution is 2.23. The van der Waals surface area contributed by atoms with Crippen LogP contribution in [0.4, 0.5) is 11.4 Å². The zero-order valence-corrected chi connectivity index (χ0v) is 13.3. The average Bonchev–Trinajstić information content (AvgIpc) is 2.52. The number of nitrogens with one attached hydrogen (secondary N) is 1. The number of benzene rings is 1. The number of nitro benzene ring substituents is 2. The smallest absolute Gasteiger partial charge is 0.328 e. The molecule has 1 aromatic rings. The van der Waals surface area contributed by atoms with Gasteiger partial charge in [0.1, 0.15) is 6.04 Å². The van der Waals surface area contributed by atoms with E-state index in [4.69, 9.17) is 0 Å². The Labute approximate surface area is 137 Å². The summed E-state index contributed by atoms with van der Waals surface area (Å²) in [6.07, 6.45) is 0.287. The maximum Gasteiger partial charge on any atom is 0.328 e. The Balaban J connectivity index is 3.14. The number of hydrogen-bond acceptors (Lipinski definition) is 7. The van der Waals surface area contributed by atoms with Gasteiger partial charge in [0.25, 0.3) is 17.3 Å². The van der Waals surface area contributed by atoms with Crippen molar-refractivity contribution in [1.29, 1.82) is 0 Å². The van der Waals surface area contributed by atoms with E-state index in [0.717, 1.165) is 18.2 Å². The van der Waals surface area contributed by atoms with E-state index < -0.39 is 39.1 Å². The van der Waals surface area contributed by atoms with E-state index in [1.165, 1.54) is 7.11 Å². The van der Waals surface area contributed by atoms with Crippen molar-refractivity contribution < 1.29 is 24.2 Å². The quantitative estimate of drug-likeness (QED) is 0.453. The molecule has 0 aromatic heterocycles. The second kappa shape index (κ2) is 7.99. The molecule has 0 heterocycles. The van der Waals surface area contributed by atoms with Crippen molar-refractivity contribution in [2.24, 2.45) is 5.92 Å². The molecule has 0 spiro atoms. The molecular weight excluding hydrogens is 322 g/mol. The summed E-state index contributed by atoms with van der Waals surface area (Å²) in [5, 5.41) is 24.1. The first-order valence-electron chi connectivity index (χ1n) is 6.98. The molecule has 0 saturated carbocycles. The largest absolute Gasteiger partial charge is 0.467 e. The van der Waals surface area contributed by atoms with Crippen LogP contribution in [0.3, 0.4) is 0 Å². The van der Waals surface area contributed by atoms with Gasteiger partial charge in [-0.05, 0) is 12.3 Å². The second-order valence-corrected chi connectivity index (χ2v) is 5.43. The van der Waals surface area contributed by atoms with Crippen molar-refractivity contribution >= 4 is 23.3 Å². The van der Waals surface area contributed by atoms with E-state index in [1.54, 1.807) is 0 Å². The van der Waals surface area contributed by atoms with Crippen molar-refractivity contribution in [3.63, 3.8) is 0 Å². The van der Waals surface area contributed by atoms with E-state index in [2.05, 4.69) is 10.1 Å². The number of carbonyl (C=O) groups is 2. The van der Waals surface area contributed by atoms with E-state index in [-0.39, 0.29) is 17.9 Å². The van der Waals surface area contributed by atoms with Crippen LogP contribution in [0.5, 0.6) is 0 Å². The van der Waals surface area contributed by atoms with Crippen LogP contribution in [-0.4, -0.2) is 34.9 Å².